The molecule has 0 radical (unpaired) electrons. The summed E-state index contributed by atoms with van der Waals surface area (Å²) in [7, 11) is -1.96. The monoisotopic (exact) mass is 632 g/mol. The molecular weight excluding hydrogens is 582 g/mol. The summed E-state index contributed by atoms with van der Waals surface area (Å²) in [5.74, 6) is 1.47. The number of unbranched alkanes of at least 4 members (excludes halogenated alkanes) is 1. The molecule has 7 rings (SSSR count). The summed E-state index contributed by atoms with van der Waals surface area (Å²) in [4.78, 5) is 2.96. The van der Waals surface area contributed by atoms with E-state index in [0.717, 1.165) is 60.2 Å². The molecule has 3 aromatic rings. The van der Waals surface area contributed by atoms with Crippen LogP contribution < -0.4 is 14.8 Å². The van der Waals surface area contributed by atoms with E-state index < -0.39 is 15.4 Å². The lowest BCUT2D eigenvalue weighted by Crippen LogP contribution is -2.66. The van der Waals surface area contributed by atoms with Crippen molar-refractivity contribution in [3.05, 3.63) is 88.5 Å². The van der Waals surface area contributed by atoms with E-state index in [1.54, 1.807) is 13.2 Å². The Morgan fingerprint density at radius 1 is 0.956 bits per heavy atom. The Bertz CT molecular complexity index is 1570. The van der Waals surface area contributed by atoms with Gasteiger partial charge in [0.2, 0.25) is 0 Å². The van der Waals surface area contributed by atoms with Gasteiger partial charge in [0.1, 0.15) is 24.7 Å². The van der Waals surface area contributed by atoms with Gasteiger partial charge in [-0.05, 0) is 66.3 Å². The van der Waals surface area contributed by atoms with Gasteiger partial charge in [0, 0.05) is 30.7 Å². The third-order valence-corrected chi connectivity index (χ3v) is 12.6. The van der Waals surface area contributed by atoms with E-state index in [9.17, 15) is 8.42 Å². The Morgan fingerprint density at radius 2 is 1.62 bits per heavy atom. The Labute approximate surface area is 270 Å². The third-order valence-electron chi connectivity index (χ3n) is 10.6. The van der Waals surface area contributed by atoms with Crippen LogP contribution in [-0.4, -0.2) is 75.5 Å². The molecule has 242 valence electrons. The first-order chi connectivity index (χ1) is 21.7. The first-order valence-electron chi connectivity index (χ1n) is 16.7. The number of nitrogens with one attached hydrogen (secondary N) is 1. The second-order valence-corrected chi connectivity index (χ2v) is 15.6. The molecule has 4 heterocycles. The number of rotatable bonds is 11. The van der Waals surface area contributed by atoms with Crippen LogP contribution in [-0.2, 0) is 23.0 Å². The molecule has 7 nitrogen and oxygen atoms in total. The molecule has 8 heteroatoms. The van der Waals surface area contributed by atoms with Crippen molar-refractivity contribution in [3.63, 3.8) is 0 Å². The van der Waals surface area contributed by atoms with E-state index in [2.05, 4.69) is 60.5 Å². The average molecular weight is 633 g/mol. The first kappa shape index (κ1) is 32.0. The number of aryl methyl sites for hydroxylation is 1. The predicted octanol–water partition coefficient (Wildman–Crippen LogP) is 6.03. The van der Waals surface area contributed by atoms with E-state index in [0.29, 0.717) is 17.3 Å². The molecule has 2 atom stereocenters. The van der Waals surface area contributed by atoms with Gasteiger partial charge in [-0.15, -0.1) is 0 Å². The van der Waals surface area contributed by atoms with Gasteiger partial charge >= 0.3 is 0 Å². The standard InChI is InChI=1S/C37H50N3O4S/c1-5-7-16-37(6-2)27-45(41,42)35-24-34(43-4)28(3)23-33(35)36(38-37)31-12-14-32(15-13-31)44-26-30-10-8-29(9-11-30)25-40-20-17-39(18-21-40)19-22-40/h8-15,23-24,36,38H,5-7,16-22,25-27H2,1-4H3/q+1/t36-,37-/m1/s1. The van der Waals surface area contributed by atoms with Gasteiger partial charge in [-0.25, -0.2) is 8.42 Å². The first-order valence-corrected chi connectivity index (χ1v) is 18.4. The highest BCUT2D eigenvalue weighted by atomic mass is 32.2. The Morgan fingerprint density at radius 3 is 2.24 bits per heavy atom. The number of piperazine rings is 3. The minimum Gasteiger partial charge on any atom is -0.496 e. The second kappa shape index (κ2) is 13.1. The summed E-state index contributed by atoms with van der Waals surface area (Å²) in [6.07, 6.45) is 3.51. The second-order valence-electron chi connectivity index (χ2n) is 13.6. The van der Waals surface area contributed by atoms with Gasteiger partial charge in [0.05, 0.1) is 43.4 Å². The van der Waals surface area contributed by atoms with Crippen LogP contribution in [0.15, 0.2) is 65.6 Å². The van der Waals surface area contributed by atoms with Gasteiger partial charge < -0.3 is 14.0 Å². The van der Waals surface area contributed by atoms with Crippen LogP contribution in [0.3, 0.4) is 0 Å². The molecule has 3 saturated heterocycles. The fraction of sp³-hybridized carbons (Fsp3) is 0.514. The number of methoxy groups -OCH3 is 1. The van der Waals surface area contributed by atoms with Crippen LogP contribution in [0.1, 0.15) is 73.4 Å². The maximum atomic E-state index is 13.9. The number of nitrogens with zero attached hydrogens (tertiary/aromatic N) is 2. The van der Waals surface area contributed by atoms with Crippen molar-refractivity contribution < 1.29 is 22.4 Å². The zero-order valence-corrected chi connectivity index (χ0v) is 28.3. The summed E-state index contributed by atoms with van der Waals surface area (Å²) < 4.78 is 40.8. The van der Waals surface area contributed by atoms with Crippen molar-refractivity contribution in [2.75, 3.05) is 52.1 Å². The maximum absolute atomic E-state index is 13.9. The molecule has 4 aliphatic rings. The largest absolute Gasteiger partial charge is 0.496 e. The molecule has 0 aromatic heterocycles. The predicted molar refractivity (Wildman–Crippen MR) is 180 cm³/mol. The van der Waals surface area contributed by atoms with Crippen LogP contribution >= 0.6 is 0 Å². The average Bonchev–Trinajstić information content (AvgIpc) is 3.15. The van der Waals surface area contributed by atoms with Crippen LogP contribution in [0.25, 0.3) is 0 Å². The molecule has 45 heavy (non-hydrogen) atoms. The number of fused-ring (bicyclic) bond motifs is 4. The van der Waals surface area contributed by atoms with E-state index in [1.165, 1.54) is 49.3 Å². The molecule has 3 fully saturated rings. The fourth-order valence-corrected chi connectivity index (χ4v) is 9.73. The van der Waals surface area contributed by atoms with Gasteiger partial charge in [-0.1, -0.05) is 63.1 Å². The highest BCUT2D eigenvalue weighted by molar-refractivity contribution is 7.91. The Hall–Kier alpha value is -2.91. The summed E-state index contributed by atoms with van der Waals surface area (Å²) >= 11 is 0. The van der Waals surface area contributed by atoms with E-state index in [-0.39, 0.29) is 11.8 Å². The molecule has 1 N–H and O–H groups in total. The van der Waals surface area contributed by atoms with Crippen molar-refractivity contribution in [1.29, 1.82) is 0 Å². The van der Waals surface area contributed by atoms with Gasteiger partial charge in [-0.2, -0.15) is 0 Å². The van der Waals surface area contributed by atoms with E-state index in [4.69, 9.17) is 9.47 Å². The quantitative estimate of drug-likeness (QED) is 0.260. The maximum Gasteiger partial charge on any atom is 0.180 e. The van der Waals surface area contributed by atoms with Crippen molar-refractivity contribution in [3.8, 4) is 11.5 Å². The van der Waals surface area contributed by atoms with Crippen LogP contribution in [0.2, 0.25) is 0 Å². The number of sulfone groups is 1. The molecule has 0 amide bonds. The summed E-state index contributed by atoms with van der Waals surface area (Å²) in [5, 5.41) is 3.86. The summed E-state index contributed by atoms with van der Waals surface area (Å²) in [6, 6.07) is 20.5. The number of hydrogen-bond acceptors (Lipinski definition) is 6. The van der Waals surface area contributed by atoms with Crippen molar-refractivity contribution in [2.45, 2.75) is 76.1 Å². The lowest BCUT2D eigenvalue weighted by atomic mass is 9.87. The minimum atomic E-state index is -3.55. The number of ether oxygens (including phenoxy) is 2. The molecular formula is C37H50N3O4S+. The van der Waals surface area contributed by atoms with E-state index in [1.807, 2.05) is 25.1 Å². The molecule has 3 aromatic carbocycles. The zero-order valence-electron chi connectivity index (χ0n) is 27.5. The normalized spacial score (nSPS) is 27.0. The fourth-order valence-electron chi connectivity index (χ4n) is 7.60. The van der Waals surface area contributed by atoms with Gasteiger partial charge in [-0.3, -0.25) is 10.2 Å². The van der Waals surface area contributed by atoms with Crippen LogP contribution in [0, 0.1) is 6.92 Å². The molecule has 2 bridgehead atoms. The SMILES string of the molecule is CCCC[C@]1(CC)CS(=O)(=O)c2cc(OC)c(C)cc2[C@@H](c2ccc(OCc3ccc(C[N+]45CCN(CC4)CC5)cc3)cc2)N1. The number of benzene rings is 3. The zero-order chi connectivity index (χ0) is 31.7. The third kappa shape index (κ3) is 6.80. The molecule has 0 spiro atoms. The molecule has 0 unspecified atom stereocenters. The molecule has 4 aliphatic heterocycles. The lowest BCUT2D eigenvalue weighted by molar-refractivity contribution is -0.953. The van der Waals surface area contributed by atoms with Gasteiger partial charge in [0.25, 0.3) is 0 Å². The Balaban J connectivity index is 1.20. The topological polar surface area (TPSA) is 67.9 Å². The molecule has 0 aliphatic carbocycles. The van der Waals surface area contributed by atoms with Crippen molar-refractivity contribution >= 4 is 9.84 Å². The van der Waals surface area contributed by atoms with Gasteiger partial charge in [0.15, 0.2) is 9.84 Å². The van der Waals surface area contributed by atoms with Crippen molar-refractivity contribution in [2.24, 2.45) is 0 Å². The highest BCUT2D eigenvalue weighted by Crippen LogP contribution is 2.41. The smallest absolute Gasteiger partial charge is 0.180 e. The highest BCUT2D eigenvalue weighted by Gasteiger charge is 2.42. The van der Waals surface area contributed by atoms with Crippen molar-refractivity contribution in [1.82, 2.24) is 10.2 Å². The lowest BCUT2D eigenvalue weighted by Gasteiger charge is -2.50. The number of quaternary nitrogens is 1. The van der Waals surface area contributed by atoms with Crippen LogP contribution in [0.4, 0.5) is 0 Å². The minimum absolute atomic E-state index is 0.0742. The Kier molecular flexibility index (Phi) is 9.31. The number of hydrogen-bond donors (Lipinski definition) is 1. The molecule has 0 saturated carbocycles. The van der Waals surface area contributed by atoms with Crippen LogP contribution in [0.5, 0.6) is 11.5 Å². The summed E-state index contributed by atoms with van der Waals surface area (Å²) in [5.41, 5.74) is 4.77. The van der Waals surface area contributed by atoms with E-state index >= 15 is 0 Å². The summed E-state index contributed by atoms with van der Waals surface area (Å²) in [6.45, 7) is 15.4.